The number of aromatic nitrogens is 1. The summed E-state index contributed by atoms with van der Waals surface area (Å²) in [5.74, 6) is -1.19. The fraction of sp³-hybridized carbons (Fsp3) is 0.118. The summed E-state index contributed by atoms with van der Waals surface area (Å²) in [5, 5.41) is -0.000400. The van der Waals surface area contributed by atoms with Gasteiger partial charge in [-0.15, -0.1) is 0 Å². The van der Waals surface area contributed by atoms with Crippen LogP contribution in [0.3, 0.4) is 0 Å². The van der Waals surface area contributed by atoms with Gasteiger partial charge in [0.15, 0.2) is 6.29 Å². The van der Waals surface area contributed by atoms with Crippen molar-refractivity contribution in [3.63, 3.8) is 0 Å². The molecule has 3 rings (SSSR count). The van der Waals surface area contributed by atoms with Crippen molar-refractivity contribution in [1.29, 1.82) is 0 Å². The Morgan fingerprint density at radius 2 is 1.71 bits per heavy atom. The highest BCUT2D eigenvalue weighted by molar-refractivity contribution is 6.04. The minimum Gasteiger partial charge on any atom is -0.351 e. The van der Waals surface area contributed by atoms with Gasteiger partial charge in [-0.1, -0.05) is 31.2 Å². The Bertz CT molecular complexity index is 819. The number of hydrogen-bond donors (Lipinski definition) is 1. The van der Waals surface area contributed by atoms with Gasteiger partial charge in [0, 0.05) is 5.39 Å². The number of aryl methyl sites for hydroxylation is 1. The number of aldehydes is 1. The fourth-order valence-corrected chi connectivity index (χ4v) is 2.51. The first-order valence-electron chi connectivity index (χ1n) is 6.70. The Kier molecular flexibility index (Phi) is 3.29. The maximum Gasteiger partial charge on any atom is 0.152 e. The zero-order valence-electron chi connectivity index (χ0n) is 11.4. The van der Waals surface area contributed by atoms with Crippen LogP contribution in [0.15, 0.2) is 36.4 Å². The van der Waals surface area contributed by atoms with E-state index >= 15 is 0 Å². The number of rotatable bonds is 3. The van der Waals surface area contributed by atoms with Gasteiger partial charge in [0.1, 0.15) is 11.6 Å². The van der Waals surface area contributed by atoms with Crippen molar-refractivity contribution in [2.75, 3.05) is 0 Å². The molecule has 0 saturated heterocycles. The molecule has 1 heterocycles. The van der Waals surface area contributed by atoms with Crippen LogP contribution in [0, 0.1) is 11.6 Å². The zero-order chi connectivity index (χ0) is 15.0. The van der Waals surface area contributed by atoms with Crippen LogP contribution in [-0.2, 0) is 6.42 Å². The predicted octanol–water partition coefficient (Wildman–Crippen LogP) is 4.49. The van der Waals surface area contributed by atoms with Gasteiger partial charge < -0.3 is 4.98 Å². The lowest BCUT2D eigenvalue weighted by molar-refractivity contribution is 0.112. The van der Waals surface area contributed by atoms with Crippen LogP contribution in [-0.4, -0.2) is 11.3 Å². The summed E-state index contributed by atoms with van der Waals surface area (Å²) in [6, 6.07) is 9.62. The van der Waals surface area contributed by atoms with E-state index in [2.05, 4.69) is 4.98 Å². The molecule has 0 aliphatic heterocycles. The summed E-state index contributed by atoms with van der Waals surface area (Å²) in [6.07, 6.45) is 1.46. The molecule has 2 nitrogen and oxygen atoms in total. The van der Waals surface area contributed by atoms with Gasteiger partial charge >= 0.3 is 0 Å². The highest BCUT2D eigenvalue weighted by atomic mass is 19.1. The molecule has 1 aromatic heterocycles. The molecule has 0 atom stereocenters. The van der Waals surface area contributed by atoms with Crippen LogP contribution >= 0.6 is 0 Å². The van der Waals surface area contributed by atoms with Crippen LogP contribution < -0.4 is 0 Å². The van der Waals surface area contributed by atoms with E-state index in [-0.39, 0.29) is 16.5 Å². The van der Waals surface area contributed by atoms with Crippen molar-refractivity contribution < 1.29 is 13.6 Å². The number of carbonyl (C=O) groups is 1. The lowest BCUT2D eigenvalue weighted by Crippen LogP contribution is -1.87. The molecular formula is C17H13F2NO. The Hall–Kier alpha value is -2.49. The second-order valence-electron chi connectivity index (χ2n) is 4.86. The summed E-state index contributed by atoms with van der Waals surface area (Å²) in [6.45, 7) is 2.04. The molecule has 0 aliphatic rings. The van der Waals surface area contributed by atoms with E-state index in [1.165, 1.54) is 0 Å². The van der Waals surface area contributed by atoms with Crippen LogP contribution in [0.2, 0.25) is 0 Å². The third-order valence-electron chi connectivity index (χ3n) is 3.66. The predicted molar refractivity (Wildman–Crippen MR) is 78.4 cm³/mol. The SMILES string of the molecule is CCc1ccc(-c2[nH]c3c(F)ccc(F)c3c2C=O)cc1. The van der Waals surface area contributed by atoms with Crippen LogP contribution in [0.1, 0.15) is 22.8 Å². The Labute approximate surface area is 120 Å². The number of hydrogen-bond acceptors (Lipinski definition) is 1. The van der Waals surface area contributed by atoms with Crippen molar-refractivity contribution in [3.8, 4) is 11.3 Å². The molecule has 0 spiro atoms. The molecule has 0 unspecified atom stereocenters. The van der Waals surface area contributed by atoms with Gasteiger partial charge in [-0.2, -0.15) is 0 Å². The van der Waals surface area contributed by atoms with Crippen LogP contribution in [0.5, 0.6) is 0 Å². The lowest BCUT2D eigenvalue weighted by atomic mass is 10.0. The summed E-state index contributed by atoms with van der Waals surface area (Å²) >= 11 is 0. The standard InChI is InChI=1S/C17H13F2NO/c1-2-10-3-5-11(6-4-10)16-12(9-21)15-13(18)7-8-14(19)17(15)20-16/h3-9,20H,2H2,1H3. The van der Waals surface area contributed by atoms with Gasteiger partial charge in [0.05, 0.1) is 16.8 Å². The molecule has 4 heteroatoms. The second kappa shape index (κ2) is 5.13. The van der Waals surface area contributed by atoms with Crippen molar-refractivity contribution in [3.05, 3.63) is 59.2 Å². The molecule has 106 valence electrons. The molecule has 0 fully saturated rings. The Morgan fingerprint density at radius 3 is 2.33 bits per heavy atom. The molecule has 0 amide bonds. The lowest BCUT2D eigenvalue weighted by Gasteiger charge is -2.02. The van der Waals surface area contributed by atoms with Crippen molar-refractivity contribution in [2.45, 2.75) is 13.3 Å². The Balaban J connectivity index is 2.29. The largest absolute Gasteiger partial charge is 0.351 e. The highest BCUT2D eigenvalue weighted by Crippen LogP contribution is 2.32. The minimum atomic E-state index is -0.610. The van der Waals surface area contributed by atoms with Crippen molar-refractivity contribution in [1.82, 2.24) is 4.98 Å². The van der Waals surface area contributed by atoms with E-state index in [4.69, 9.17) is 0 Å². The maximum absolute atomic E-state index is 13.9. The van der Waals surface area contributed by atoms with Gasteiger partial charge in [0.2, 0.25) is 0 Å². The van der Waals surface area contributed by atoms with E-state index < -0.39 is 11.6 Å². The van der Waals surface area contributed by atoms with Gasteiger partial charge in [-0.05, 0) is 29.7 Å². The molecule has 0 aliphatic carbocycles. The molecule has 2 aromatic carbocycles. The number of carbonyl (C=O) groups excluding carboxylic acids is 1. The molecular weight excluding hydrogens is 272 g/mol. The van der Waals surface area contributed by atoms with Crippen LogP contribution in [0.4, 0.5) is 8.78 Å². The first-order valence-corrected chi connectivity index (χ1v) is 6.70. The van der Waals surface area contributed by atoms with Crippen LogP contribution in [0.25, 0.3) is 22.2 Å². The van der Waals surface area contributed by atoms with Crippen molar-refractivity contribution in [2.24, 2.45) is 0 Å². The minimum absolute atomic E-state index is 0.000400. The third kappa shape index (κ3) is 2.13. The topological polar surface area (TPSA) is 32.9 Å². The number of benzene rings is 2. The number of nitrogens with one attached hydrogen (secondary N) is 1. The Morgan fingerprint density at radius 1 is 1.05 bits per heavy atom. The molecule has 0 bridgehead atoms. The first-order chi connectivity index (χ1) is 10.2. The fourth-order valence-electron chi connectivity index (χ4n) is 2.51. The smallest absolute Gasteiger partial charge is 0.152 e. The average Bonchev–Trinajstić information content (AvgIpc) is 2.92. The average molecular weight is 285 g/mol. The normalized spacial score (nSPS) is 11.0. The number of H-pyrrole nitrogens is 1. The zero-order valence-corrected chi connectivity index (χ0v) is 11.4. The molecule has 21 heavy (non-hydrogen) atoms. The second-order valence-corrected chi connectivity index (χ2v) is 4.86. The molecule has 0 radical (unpaired) electrons. The number of fused-ring (bicyclic) bond motifs is 1. The molecule has 3 aromatic rings. The van der Waals surface area contributed by atoms with E-state index in [0.717, 1.165) is 29.7 Å². The monoisotopic (exact) mass is 285 g/mol. The molecule has 0 saturated carbocycles. The highest BCUT2D eigenvalue weighted by Gasteiger charge is 2.18. The third-order valence-corrected chi connectivity index (χ3v) is 3.66. The number of aromatic amines is 1. The summed E-state index contributed by atoms with van der Waals surface area (Å²) < 4.78 is 27.7. The van der Waals surface area contributed by atoms with Gasteiger partial charge in [-0.25, -0.2) is 8.78 Å². The van der Waals surface area contributed by atoms with Gasteiger partial charge in [0.25, 0.3) is 0 Å². The van der Waals surface area contributed by atoms with E-state index in [9.17, 15) is 13.6 Å². The van der Waals surface area contributed by atoms with E-state index in [0.29, 0.717) is 12.0 Å². The maximum atomic E-state index is 13.9. The summed E-state index contributed by atoms with van der Waals surface area (Å²) in [5.41, 5.74) is 2.48. The van der Waals surface area contributed by atoms with E-state index in [1.807, 2.05) is 31.2 Å². The van der Waals surface area contributed by atoms with E-state index in [1.54, 1.807) is 0 Å². The molecule has 1 N–H and O–H groups in total. The van der Waals surface area contributed by atoms with Crippen molar-refractivity contribution >= 4 is 17.2 Å². The first kappa shape index (κ1) is 13.5. The summed E-state index contributed by atoms with van der Waals surface area (Å²) in [7, 11) is 0. The quantitative estimate of drug-likeness (QED) is 0.707. The number of halogens is 2. The van der Waals surface area contributed by atoms with Gasteiger partial charge in [-0.3, -0.25) is 4.79 Å². The summed E-state index contributed by atoms with van der Waals surface area (Å²) in [4.78, 5) is 14.2.